The van der Waals surface area contributed by atoms with Crippen molar-refractivity contribution >= 4 is 70.2 Å². The number of esters is 2. The van der Waals surface area contributed by atoms with Crippen LogP contribution in [0.15, 0.2) is 97.1 Å². The van der Waals surface area contributed by atoms with E-state index in [1.54, 1.807) is 14.2 Å². The average Bonchev–Trinajstić information content (AvgIpc) is 3.30. The fraction of sp³-hybridized carbons (Fsp3) is 0.544. The lowest BCUT2D eigenvalue weighted by Gasteiger charge is -2.42. The van der Waals surface area contributed by atoms with Crippen LogP contribution in [0, 0.1) is 0 Å². The molecule has 0 heterocycles. The van der Waals surface area contributed by atoms with Gasteiger partial charge in [0.15, 0.2) is 41.6 Å². The van der Waals surface area contributed by atoms with Gasteiger partial charge in [-0.25, -0.2) is 0 Å². The summed E-state index contributed by atoms with van der Waals surface area (Å²) >= 11 is 0. The number of hydrogen-bond donors (Lipinski definition) is 0. The minimum Gasteiger partial charge on any atom is -0.497 e. The van der Waals surface area contributed by atoms with Crippen molar-refractivity contribution in [2.45, 2.75) is 168 Å². The fourth-order valence-electron chi connectivity index (χ4n) is 9.65. The molecule has 0 N–H and O–H groups in total. The molecule has 0 aliphatic heterocycles. The van der Waals surface area contributed by atoms with Crippen LogP contribution in [0.3, 0.4) is 0 Å². The third kappa shape index (κ3) is 23.3. The van der Waals surface area contributed by atoms with Crippen molar-refractivity contribution in [3.63, 3.8) is 0 Å². The monoisotopic (exact) mass is 1150 g/mol. The molecular formula is C57H96O11Si7. The van der Waals surface area contributed by atoms with Crippen LogP contribution in [0.4, 0.5) is 0 Å². The topological polar surface area (TPSA) is 117 Å². The van der Waals surface area contributed by atoms with Gasteiger partial charge in [0.25, 0.3) is 0 Å². The number of rotatable bonds is 29. The van der Waals surface area contributed by atoms with Gasteiger partial charge in [-0.1, -0.05) is 107 Å². The zero-order valence-electron chi connectivity index (χ0n) is 49.8. The van der Waals surface area contributed by atoms with Crippen molar-refractivity contribution in [2.24, 2.45) is 0 Å². The highest BCUT2D eigenvalue weighted by Gasteiger charge is 2.45. The first-order chi connectivity index (χ1) is 34.7. The second-order valence-electron chi connectivity index (χ2n) is 24.2. The van der Waals surface area contributed by atoms with E-state index < -0.39 is 58.2 Å². The highest BCUT2D eigenvalue weighted by Crippen LogP contribution is 2.35. The molecule has 0 aliphatic carbocycles. The lowest BCUT2D eigenvalue weighted by atomic mass is 9.78. The summed E-state index contributed by atoms with van der Waals surface area (Å²) in [6.07, 6.45) is 4.49. The van der Waals surface area contributed by atoms with Crippen molar-refractivity contribution in [1.29, 1.82) is 0 Å². The van der Waals surface area contributed by atoms with E-state index in [4.69, 9.17) is 40.5 Å². The van der Waals surface area contributed by atoms with Crippen LogP contribution >= 0.6 is 0 Å². The van der Waals surface area contributed by atoms with Crippen LogP contribution < -0.4 is 18.9 Å². The van der Waals surface area contributed by atoms with Crippen LogP contribution in [0.25, 0.3) is 0 Å². The minimum atomic E-state index is -2.31. The van der Waals surface area contributed by atoms with E-state index in [9.17, 15) is 9.59 Å². The van der Waals surface area contributed by atoms with E-state index in [1.807, 2.05) is 72.8 Å². The van der Waals surface area contributed by atoms with Crippen molar-refractivity contribution in [3.05, 3.63) is 119 Å². The van der Waals surface area contributed by atoms with E-state index in [0.717, 1.165) is 46.4 Å². The highest BCUT2D eigenvalue weighted by molar-refractivity contribution is 6.95. The molecule has 0 fully saturated rings. The second kappa shape index (κ2) is 28.6. The zero-order chi connectivity index (χ0) is 56.5. The number of carbonyl (C=O) groups excluding carboxylic acids is 2. The Bertz CT molecular complexity index is 2390. The van der Waals surface area contributed by atoms with Crippen molar-refractivity contribution in [1.82, 2.24) is 0 Å². The molecule has 0 aromatic heterocycles. The van der Waals surface area contributed by atoms with E-state index in [-0.39, 0.29) is 17.4 Å². The van der Waals surface area contributed by atoms with E-state index >= 15 is 0 Å². The molecule has 418 valence electrons. The van der Waals surface area contributed by atoms with Gasteiger partial charge in [0.1, 0.15) is 31.1 Å². The largest absolute Gasteiger partial charge is 0.497 e. The lowest BCUT2D eigenvalue weighted by molar-refractivity contribution is -0.132. The first-order valence-corrected chi connectivity index (χ1v) is 48.1. The molecule has 1 unspecified atom stereocenters. The Hall–Kier alpha value is -3.26. The van der Waals surface area contributed by atoms with Crippen molar-refractivity contribution in [2.75, 3.05) is 32.9 Å². The van der Waals surface area contributed by atoms with Gasteiger partial charge in [0, 0.05) is 38.0 Å². The summed E-state index contributed by atoms with van der Waals surface area (Å²) in [5.74, 6) is 2.33. The predicted molar refractivity (Wildman–Crippen MR) is 327 cm³/mol. The summed E-state index contributed by atoms with van der Waals surface area (Å²) in [5.41, 5.74) is 5.43. The molecule has 0 saturated carbocycles. The Morgan fingerprint density at radius 3 is 1.36 bits per heavy atom. The molecule has 4 rings (SSSR count). The Labute approximate surface area is 461 Å². The van der Waals surface area contributed by atoms with Crippen LogP contribution in [0.1, 0.15) is 76.6 Å². The van der Waals surface area contributed by atoms with Gasteiger partial charge >= 0.3 is 20.5 Å². The Kier molecular flexibility index (Phi) is 25.1. The molecule has 0 bridgehead atoms. The van der Waals surface area contributed by atoms with Crippen LogP contribution in [-0.4, -0.2) is 103 Å². The molecule has 0 amide bonds. The molecule has 0 aliphatic rings. The summed E-state index contributed by atoms with van der Waals surface area (Å²) in [6.45, 7) is 39.5. The summed E-state index contributed by atoms with van der Waals surface area (Å²) in [5, 5.41) is 0. The number of carbonyl (C=O) groups is 2. The maximum atomic E-state index is 11.9. The average molecular weight is 1150 g/mol. The number of ether oxygens (including phenoxy) is 4. The standard InChI is InChI=1S/C39H76O8Si7.C18H20O3/c1-17-19-28-48(5,6)46-53(15,16)47-52(13,14)34-51(11,12)44-33-54(18-2,31-42-49(7,8)29-36-24-20-22-26-38(36)41-4)32-43-50(9,10)30-37-25-21-23-27-39(37)45-35(3)40;1-13(19)21-17-11-7-15(8-12-17)18(2,3)14-5-9-16(20-4)10-6-14/h20-27H,17-19,28-34H2,1-16H3;5-12H,1-4H3. The van der Waals surface area contributed by atoms with Gasteiger partial charge in [-0.15, -0.1) is 0 Å². The second-order valence-corrected chi connectivity index (χ2v) is 54.3. The van der Waals surface area contributed by atoms with Crippen molar-refractivity contribution in [3.8, 4) is 23.0 Å². The van der Waals surface area contributed by atoms with Crippen LogP contribution in [-0.2, 0) is 48.6 Å². The molecular weight excluding hydrogens is 1060 g/mol. The molecule has 0 saturated heterocycles. The summed E-state index contributed by atoms with van der Waals surface area (Å²) in [4.78, 5) is 22.8. The first kappa shape index (κ1) is 66.0. The Morgan fingerprint density at radius 1 is 0.493 bits per heavy atom. The number of para-hydroxylation sites is 2. The van der Waals surface area contributed by atoms with Gasteiger partial charge in [0.05, 0.1) is 14.2 Å². The molecule has 0 spiro atoms. The molecule has 75 heavy (non-hydrogen) atoms. The van der Waals surface area contributed by atoms with Gasteiger partial charge in [-0.05, 0) is 161 Å². The van der Waals surface area contributed by atoms with Gasteiger partial charge in [-0.3, -0.25) is 9.59 Å². The normalized spacial score (nSPS) is 13.5. The van der Waals surface area contributed by atoms with Gasteiger partial charge < -0.3 is 40.5 Å². The molecule has 11 nitrogen and oxygen atoms in total. The smallest absolute Gasteiger partial charge is 0.311 e. The van der Waals surface area contributed by atoms with Crippen LogP contribution in [0.5, 0.6) is 23.0 Å². The van der Waals surface area contributed by atoms with E-state index in [1.165, 1.54) is 43.9 Å². The molecule has 4 aromatic rings. The number of unbranched alkanes of at least 4 members (excludes halogenated alkanes) is 1. The number of methoxy groups -OCH3 is 2. The molecule has 18 heteroatoms. The molecule has 0 radical (unpaired) electrons. The van der Waals surface area contributed by atoms with Gasteiger partial charge in [0.2, 0.25) is 0 Å². The van der Waals surface area contributed by atoms with Crippen LogP contribution in [0.2, 0.25) is 96.3 Å². The first-order valence-electron chi connectivity index (χ1n) is 26.8. The maximum absolute atomic E-state index is 11.9. The fourth-order valence-corrected chi connectivity index (χ4v) is 43.8. The molecule has 4 aromatic carbocycles. The molecule has 1 atom stereocenters. The van der Waals surface area contributed by atoms with E-state index in [0.29, 0.717) is 30.2 Å². The van der Waals surface area contributed by atoms with Crippen molar-refractivity contribution < 1.29 is 50.0 Å². The third-order valence-corrected chi connectivity index (χ3v) is 40.0. The SMILES string of the molecule is CCCC[Si](C)(C)O[Si](C)(C)O[Si](C)(C)C[Si](C)(C)OC[Si](CC)(CO[Si](C)(C)Cc1ccccc1OC)CO[Si](C)(C)Cc1ccccc1OC(C)=O.COc1ccc(C(C)(C)c2ccc(OC(C)=O)cc2)cc1. The minimum absolute atomic E-state index is 0.138. The maximum Gasteiger partial charge on any atom is 0.311 e. The number of benzene rings is 4. The quantitative estimate of drug-likeness (QED) is 0.0294. The van der Waals surface area contributed by atoms with E-state index in [2.05, 4.69) is 131 Å². The zero-order valence-corrected chi connectivity index (χ0v) is 56.8. The Morgan fingerprint density at radius 2 is 0.920 bits per heavy atom. The number of hydrogen-bond acceptors (Lipinski definition) is 11. The Balaban J connectivity index is 0.000000583. The summed E-state index contributed by atoms with van der Waals surface area (Å²) in [6, 6.07) is 35.6. The summed E-state index contributed by atoms with van der Waals surface area (Å²) < 4.78 is 56.8. The lowest BCUT2D eigenvalue weighted by Crippen LogP contribution is -2.58. The summed E-state index contributed by atoms with van der Waals surface area (Å²) in [7, 11) is -11.6. The highest BCUT2D eigenvalue weighted by atomic mass is 28.5. The van der Waals surface area contributed by atoms with Gasteiger partial charge in [-0.2, -0.15) is 0 Å². The predicted octanol–water partition coefficient (Wildman–Crippen LogP) is 14.7. The third-order valence-electron chi connectivity index (χ3n) is 13.4.